The van der Waals surface area contributed by atoms with Crippen LogP contribution in [0.5, 0.6) is 0 Å². The molecule has 0 amide bonds. The Morgan fingerprint density at radius 3 is 2.86 bits per heavy atom. The predicted molar refractivity (Wildman–Crippen MR) is 84.1 cm³/mol. The molecule has 2 heterocycles. The number of pyridine rings is 1. The minimum atomic E-state index is -0.0999. The first-order valence-corrected chi connectivity index (χ1v) is 6.94. The van der Waals surface area contributed by atoms with Gasteiger partial charge in [-0.1, -0.05) is 19.1 Å². The Labute approximate surface area is 122 Å². The Hall–Kier alpha value is -2.62. The lowest BCUT2D eigenvalue weighted by atomic mass is 10.1. The third kappa shape index (κ3) is 2.65. The summed E-state index contributed by atoms with van der Waals surface area (Å²) < 4.78 is 5.60. The lowest BCUT2D eigenvalue weighted by Gasteiger charge is -2.03. The quantitative estimate of drug-likeness (QED) is 0.798. The van der Waals surface area contributed by atoms with Gasteiger partial charge < -0.3 is 9.40 Å². The van der Waals surface area contributed by atoms with E-state index in [1.54, 1.807) is 12.2 Å². The number of H-pyrrole nitrogens is 1. The number of aromatic nitrogens is 2. The van der Waals surface area contributed by atoms with Crippen LogP contribution >= 0.6 is 0 Å². The molecule has 0 fully saturated rings. The summed E-state index contributed by atoms with van der Waals surface area (Å²) in [5, 5.41) is 0. The molecule has 1 aromatic carbocycles. The van der Waals surface area contributed by atoms with Gasteiger partial charge in [-0.25, -0.2) is 4.98 Å². The minimum absolute atomic E-state index is 0.0999. The average molecular weight is 280 g/mol. The molecule has 0 saturated carbocycles. The number of aryl methyl sites for hydroxylation is 2. The van der Waals surface area contributed by atoms with Crippen LogP contribution in [0.4, 0.5) is 0 Å². The fraction of sp³-hybridized carbons (Fsp3) is 0.176. The molecule has 3 rings (SSSR count). The number of oxazole rings is 1. The van der Waals surface area contributed by atoms with Crippen LogP contribution in [-0.2, 0) is 6.42 Å². The summed E-state index contributed by atoms with van der Waals surface area (Å²) in [5.41, 5.74) is 4.11. The second-order valence-electron chi connectivity index (χ2n) is 4.91. The Bertz CT molecular complexity index is 839. The molecule has 106 valence electrons. The number of hydrogen-bond acceptors (Lipinski definition) is 3. The number of nitrogens with one attached hydrogen (secondary N) is 1. The zero-order chi connectivity index (χ0) is 14.8. The molecule has 4 heteroatoms. The van der Waals surface area contributed by atoms with E-state index in [4.69, 9.17) is 4.42 Å². The van der Waals surface area contributed by atoms with Gasteiger partial charge in [0.1, 0.15) is 5.52 Å². The van der Waals surface area contributed by atoms with E-state index in [9.17, 15) is 4.79 Å². The second kappa shape index (κ2) is 5.40. The van der Waals surface area contributed by atoms with Gasteiger partial charge in [-0.2, -0.15) is 0 Å². The van der Waals surface area contributed by atoms with E-state index in [2.05, 4.69) is 16.9 Å². The topological polar surface area (TPSA) is 58.9 Å². The molecule has 0 saturated heterocycles. The number of aromatic amines is 1. The van der Waals surface area contributed by atoms with Crippen molar-refractivity contribution in [3.63, 3.8) is 0 Å². The van der Waals surface area contributed by atoms with Crippen molar-refractivity contribution in [1.82, 2.24) is 9.97 Å². The zero-order valence-electron chi connectivity index (χ0n) is 12.0. The normalized spacial score (nSPS) is 11.5. The van der Waals surface area contributed by atoms with Gasteiger partial charge in [0.05, 0.1) is 0 Å². The number of para-hydroxylation sites is 2. The fourth-order valence-corrected chi connectivity index (χ4v) is 2.30. The number of fused-ring (bicyclic) bond motifs is 1. The van der Waals surface area contributed by atoms with Gasteiger partial charge in [0.15, 0.2) is 5.58 Å². The van der Waals surface area contributed by atoms with Crippen LogP contribution < -0.4 is 5.56 Å². The lowest BCUT2D eigenvalue weighted by Crippen LogP contribution is -2.12. The van der Waals surface area contributed by atoms with Crippen LogP contribution in [-0.4, -0.2) is 9.97 Å². The number of hydrogen-bond donors (Lipinski definition) is 1. The highest BCUT2D eigenvalue weighted by molar-refractivity contribution is 5.75. The third-order valence-electron chi connectivity index (χ3n) is 3.47. The Morgan fingerprint density at radius 2 is 2.10 bits per heavy atom. The van der Waals surface area contributed by atoms with E-state index >= 15 is 0 Å². The molecular formula is C17H16N2O2. The smallest absolute Gasteiger partial charge is 0.255 e. The summed E-state index contributed by atoms with van der Waals surface area (Å²) in [6, 6.07) is 9.49. The van der Waals surface area contributed by atoms with Gasteiger partial charge in [0, 0.05) is 17.3 Å². The molecule has 0 radical (unpaired) electrons. The zero-order valence-corrected chi connectivity index (χ0v) is 12.0. The van der Waals surface area contributed by atoms with E-state index in [1.807, 2.05) is 37.3 Å². The summed E-state index contributed by atoms with van der Waals surface area (Å²) in [4.78, 5) is 19.2. The summed E-state index contributed by atoms with van der Waals surface area (Å²) in [6.07, 6.45) is 4.34. The first kappa shape index (κ1) is 13.4. The van der Waals surface area contributed by atoms with Crippen molar-refractivity contribution < 1.29 is 4.42 Å². The van der Waals surface area contributed by atoms with Gasteiger partial charge in [-0.15, -0.1) is 0 Å². The SMILES string of the molecule is CCc1cc(/C=C\c2nc3ccccc3o2)c(=O)[nH]c1C. The molecule has 0 aliphatic rings. The second-order valence-corrected chi connectivity index (χ2v) is 4.91. The Kier molecular flexibility index (Phi) is 3.44. The molecule has 3 aromatic rings. The standard InChI is InChI=1S/C17H16N2O2/c1-3-12-10-13(17(20)18-11(12)2)8-9-16-19-14-6-4-5-7-15(14)21-16/h4-10H,3H2,1-2H3,(H,18,20)/b9-8-. The molecule has 4 nitrogen and oxygen atoms in total. The largest absolute Gasteiger partial charge is 0.437 e. The molecule has 1 N–H and O–H groups in total. The minimum Gasteiger partial charge on any atom is -0.437 e. The summed E-state index contributed by atoms with van der Waals surface area (Å²) in [6.45, 7) is 3.98. The monoisotopic (exact) mass is 280 g/mol. The van der Waals surface area contributed by atoms with E-state index in [1.165, 1.54) is 0 Å². The van der Waals surface area contributed by atoms with Crippen LogP contribution in [0.1, 0.15) is 29.6 Å². The summed E-state index contributed by atoms with van der Waals surface area (Å²) in [5.74, 6) is 0.495. The Morgan fingerprint density at radius 1 is 1.29 bits per heavy atom. The first-order chi connectivity index (χ1) is 10.2. The predicted octanol–water partition coefficient (Wildman–Crippen LogP) is 3.56. The third-order valence-corrected chi connectivity index (χ3v) is 3.47. The van der Waals surface area contributed by atoms with Gasteiger partial charge >= 0.3 is 0 Å². The molecule has 2 aromatic heterocycles. The van der Waals surface area contributed by atoms with Crippen molar-refractivity contribution in [1.29, 1.82) is 0 Å². The van der Waals surface area contributed by atoms with Crippen molar-refractivity contribution in [2.24, 2.45) is 0 Å². The number of rotatable bonds is 3. The van der Waals surface area contributed by atoms with Crippen molar-refractivity contribution >= 4 is 23.3 Å². The van der Waals surface area contributed by atoms with Crippen LogP contribution in [0.15, 0.2) is 39.5 Å². The highest BCUT2D eigenvalue weighted by atomic mass is 16.3. The molecule has 21 heavy (non-hydrogen) atoms. The maximum Gasteiger partial charge on any atom is 0.255 e. The maximum atomic E-state index is 11.9. The molecule has 0 unspecified atom stereocenters. The maximum absolute atomic E-state index is 11.9. The van der Waals surface area contributed by atoms with Crippen LogP contribution in [0, 0.1) is 6.92 Å². The van der Waals surface area contributed by atoms with E-state index in [-0.39, 0.29) is 5.56 Å². The van der Waals surface area contributed by atoms with Crippen molar-refractivity contribution in [3.05, 3.63) is 63.4 Å². The van der Waals surface area contributed by atoms with E-state index in [0.717, 1.165) is 28.8 Å². The molecule has 0 atom stereocenters. The highest BCUT2D eigenvalue weighted by Crippen LogP contribution is 2.16. The number of nitrogens with zero attached hydrogens (tertiary/aromatic N) is 1. The van der Waals surface area contributed by atoms with E-state index in [0.29, 0.717) is 11.5 Å². The molecule has 0 aliphatic carbocycles. The van der Waals surface area contributed by atoms with Crippen molar-refractivity contribution in [2.75, 3.05) is 0 Å². The summed E-state index contributed by atoms with van der Waals surface area (Å²) >= 11 is 0. The molecular weight excluding hydrogens is 264 g/mol. The molecule has 0 aliphatic heterocycles. The van der Waals surface area contributed by atoms with Crippen molar-refractivity contribution in [2.45, 2.75) is 20.3 Å². The van der Waals surface area contributed by atoms with Gasteiger partial charge in [0.25, 0.3) is 5.56 Å². The van der Waals surface area contributed by atoms with E-state index < -0.39 is 0 Å². The average Bonchev–Trinajstić information content (AvgIpc) is 2.89. The van der Waals surface area contributed by atoms with Crippen LogP contribution in [0.3, 0.4) is 0 Å². The first-order valence-electron chi connectivity index (χ1n) is 6.94. The summed E-state index contributed by atoms with van der Waals surface area (Å²) in [7, 11) is 0. The van der Waals surface area contributed by atoms with Gasteiger partial charge in [-0.05, 0) is 43.2 Å². The molecule has 0 bridgehead atoms. The highest BCUT2D eigenvalue weighted by Gasteiger charge is 2.04. The van der Waals surface area contributed by atoms with Crippen LogP contribution in [0.2, 0.25) is 0 Å². The lowest BCUT2D eigenvalue weighted by molar-refractivity contribution is 0.589. The number of benzene rings is 1. The Balaban J connectivity index is 1.97. The van der Waals surface area contributed by atoms with Crippen molar-refractivity contribution in [3.8, 4) is 0 Å². The van der Waals surface area contributed by atoms with Gasteiger partial charge in [-0.3, -0.25) is 4.79 Å². The fourth-order valence-electron chi connectivity index (χ4n) is 2.30. The molecule has 0 spiro atoms. The van der Waals surface area contributed by atoms with Crippen LogP contribution in [0.25, 0.3) is 23.3 Å². The van der Waals surface area contributed by atoms with Gasteiger partial charge in [0.2, 0.25) is 5.89 Å².